The summed E-state index contributed by atoms with van der Waals surface area (Å²) >= 11 is 0. The average molecular weight is 344 g/mol. The fourth-order valence-corrected chi connectivity index (χ4v) is 4.97. The average Bonchev–Trinajstić information content (AvgIpc) is 2.90. The van der Waals surface area contributed by atoms with Crippen molar-refractivity contribution in [1.82, 2.24) is 4.57 Å². The molecule has 25 heavy (non-hydrogen) atoms. The number of benzene rings is 1. The second-order valence-electron chi connectivity index (χ2n) is 8.46. The fourth-order valence-electron chi connectivity index (χ4n) is 4.97. The first-order valence-corrected chi connectivity index (χ1v) is 10.0. The molecule has 0 fully saturated rings. The topological polar surface area (TPSA) is 46.2 Å². The van der Waals surface area contributed by atoms with Gasteiger partial charge < -0.3 is 19.9 Å². The number of nitrogens with two attached hydrogens (primary N) is 1. The van der Waals surface area contributed by atoms with Crippen molar-refractivity contribution in [3.63, 3.8) is 0 Å². The summed E-state index contributed by atoms with van der Waals surface area (Å²) in [7, 11) is 0. The molecule has 4 nitrogen and oxygen atoms in total. The molecule has 2 heterocycles. The van der Waals surface area contributed by atoms with Crippen LogP contribution >= 0.6 is 0 Å². The molecular formula is C21H33N3O+2. The van der Waals surface area contributed by atoms with Crippen LogP contribution in [0.1, 0.15) is 49.6 Å². The van der Waals surface area contributed by atoms with Gasteiger partial charge in [0.1, 0.15) is 19.1 Å². The molecule has 3 unspecified atom stereocenters. The van der Waals surface area contributed by atoms with Crippen molar-refractivity contribution < 1.29 is 15.3 Å². The number of hydrogen-bond acceptors (Lipinski definition) is 1. The number of quaternary nitrogens is 2. The highest BCUT2D eigenvalue weighted by molar-refractivity contribution is 5.86. The Morgan fingerprint density at radius 2 is 2.20 bits per heavy atom. The Morgan fingerprint density at radius 3 is 3.00 bits per heavy atom. The Labute approximate surface area is 150 Å². The molecule has 1 aromatic carbocycles. The molecule has 4 heteroatoms. The third-order valence-electron chi connectivity index (χ3n) is 6.14. The predicted octanol–water partition coefficient (Wildman–Crippen LogP) is 0.558. The second kappa shape index (κ2) is 6.75. The lowest BCUT2D eigenvalue weighted by atomic mass is 9.89. The summed E-state index contributed by atoms with van der Waals surface area (Å²) in [6, 6.07) is 8.07. The molecule has 0 radical (unpaired) electrons. The highest BCUT2D eigenvalue weighted by atomic mass is 16.3. The van der Waals surface area contributed by atoms with Crippen LogP contribution in [0.25, 0.3) is 10.9 Å². The maximum Gasteiger partial charge on any atom is 0.151 e. The van der Waals surface area contributed by atoms with Crippen LogP contribution in [0.3, 0.4) is 0 Å². The van der Waals surface area contributed by atoms with E-state index in [1.54, 1.807) is 16.2 Å². The van der Waals surface area contributed by atoms with Crippen LogP contribution in [0.2, 0.25) is 0 Å². The first-order valence-electron chi connectivity index (χ1n) is 10.0. The van der Waals surface area contributed by atoms with Gasteiger partial charge in [-0.3, -0.25) is 0 Å². The zero-order valence-electron chi connectivity index (χ0n) is 15.9. The maximum absolute atomic E-state index is 10.5. The lowest BCUT2D eigenvalue weighted by Gasteiger charge is -2.37. The van der Waals surface area contributed by atoms with Crippen LogP contribution in [-0.4, -0.2) is 41.5 Å². The molecule has 0 saturated heterocycles. The minimum Gasteiger partial charge on any atom is -0.382 e. The highest BCUT2D eigenvalue weighted by Crippen LogP contribution is 2.37. The Morgan fingerprint density at radius 1 is 1.36 bits per heavy atom. The number of hydrogen-bond donors (Lipinski definition) is 3. The van der Waals surface area contributed by atoms with Gasteiger partial charge in [0.2, 0.25) is 0 Å². The predicted molar refractivity (Wildman–Crippen MR) is 101 cm³/mol. The van der Waals surface area contributed by atoms with Crippen molar-refractivity contribution in [3.05, 3.63) is 35.0 Å². The van der Waals surface area contributed by atoms with E-state index in [9.17, 15) is 5.11 Å². The van der Waals surface area contributed by atoms with Gasteiger partial charge in [-0.2, -0.15) is 0 Å². The van der Waals surface area contributed by atoms with E-state index in [4.69, 9.17) is 0 Å². The maximum atomic E-state index is 10.5. The van der Waals surface area contributed by atoms with Crippen molar-refractivity contribution in [2.45, 2.75) is 64.8 Å². The van der Waals surface area contributed by atoms with Crippen molar-refractivity contribution in [3.8, 4) is 0 Å². The van der Waals surface area contributed by atoms with E-state index in [0.29, 0.717) is 12.1 Å². The molecule has 2 aliphatic rings. The zero-order valence-corrected chi connectivity index (χ0v) is 15.9. The number of nitrogens with zero attached hydrogens (tertiary/aromatic N) is 1. The quantitative estimate of drug-likeness (QED) is 0.730. The number of aromatic nitrogens is 1. The molecule has 4 rings (SSSR count). The van der Waals surface area contributed by atoms with Crippen LogP contribution in [0, 0.1) is 6.92 Å². The molecule has 1 aliphatic heterocycles. The lowest BCUT2D eigenvalue weighted by Crippen LogP contribution is -3.15. The van der Waals surface area contributed by atoms with E-state index < -0.39 is 0 Å². The van der Waals surface area contributed by atoms with Crippen molar-refractivity contribution >= 4 is 10.9 Å². The standard InChI is InChI=1S/C21H31N3O/c1-14(2)22-12-16(25)13-23-9-10-24-19-8-7-15(3)11-18(19)17-5-4-6-20(23)21(17)24/h7-8,11,14,16,20,22,25H,4-6,9-10,12-13H2,1-3H3/p+2. The summed E-state index contributed by atoms with van der Waals surface area (Å²) in [5.41, 5.74) is 5.96. The monoisotopic (exact) mass is 343 g/mol. The summed E-state index contributed by atoms with van der Waals surface area (Å²) in [6.07, 6.45) is 3.55. The van der Waals surface area contributed by atoms with Gasteiger partial charge in [0.05, 0.1) is 24.8 Å². The van der Waals surface area contributed by atoms with Gasteiger partial charge in [-0.15, -0.1) is 0 Å². The molecule has 3 atom stereocenters. The number of aliphatic hydroxyl groups is 1. The largest absolute Gasteiger partial charge is 0.382 e. The molecule has 136 valence electrons. The normalized spacial score (nSPS) is 23.9. The number of aryl methyl sites for hydroxylation is 2. The van der Waals surface area contributed by atoms with Gasteiger partial charge in [-0.05, 0) is 51.3 Å². The van der Waals surface area contributed by atoms with Crippen molar-refractivity contribution in [1.29, 1.82) is 0 Å². The molecule has 1 aromatic heterocycles. The smallest absolute Gasteiger partial charge is 0.151 e. The van der Waals surface area contributed by atoms with Crippen LogP contribution in [-0.2, 0) is 13.0 Å². The van der Waals surface area contributed by atoms with Crippen LogP contribution in [0.5, 0.6) is 0 Å². The first kappa shape index (κ1) is 17.1. The molecule has 0 saturated carbocycles. The molecule has 2 aromatic rings. The van der Waals surface area contributed by atoms with E-state index in [1.807, 2.05) is 0 Å². The third-order valence-corrected chi connectivity index (χ3v) is 6.14. The number of rotatable bonds is 5. The van der Waals surface area contributed by atoms with E-state index in [-0.39, 0.29) is 6.10 Å². The molecule has 0 spiro atoms. The second-order valence-corrected chi connectivity index (χ2v) is 8.46. The van der Waals surface area contributed by atoms with E-state index >= 15 is 0 Å². The summed E-state index contributed by atoms with van der Waals surface area (Å²) in [6.45, 7) is 10.5. The highest BCUT2D eigenvalue weighted by Gasteiger charge is 2.38. The van der Waals surface area contributed by atoms with E-state index in [2.05, 4.69) is 48.9 Å². The molecule has 1 aliphatic carbocycles. The van der Waals surface area contributed by atoms with Gasteiger partial charge in [-0.25, -0.2) is 0 Å². The Balaban J connectivity index is 1.62. The minimum atomic E-state index is -0.207. The number of aliphatic hydroxyl groups excluding tert-OH is 1. The Bertz CT molecular complexity index is 764. The number of nitrogens with one attached hydrogen (secondary N) is 1. The summed E-state index contributed by atoms with van der Waals surface area (Å²) in [5, 5.41) is 14.2. The summed E-state index contributed by atoms with van der Waals surface area (Å²) in [5.74, 6) is 0. The molecule has 0 amide bonds. The van der Waals surface area contributed by atoms with Crippen LogP contribution in [0.15, 0.2) is 18.2 Å². The summed E-state index contributed by atoms with van der Waals surface area (Å²) in [4.78, 5) is 1.60. The van der Waals surface area contributed by atoms with Crippen LogP contribution < -0.4 is 10.2 Å². The van der Waals surface area contributed by atoms with E-state index in [0.717, 1.165) is 26.2 Å². The van der Waals surface area contributed by atoms with Crippen LogP contribution in [0.4, 0.5) is 0 Å². The van der Waals surface area contributed by atoms with Gasteiger partial charge in [0, 0.05) is 17.3 Å². The molecular weight excluding hydrogens is 310 g/mol. The summed E-state index contributed by atoms with van der Waals surface area (Å²) < 4.78 is 2.59. The SMILES string of the molecule is Cc1ccc2c(c1)c1c3n2CC[NH+](CC(O)C[NH2+]C(C)C)C3CCC1. The zero-order chi connectivity index (χ0) is 17.6. The third kappa shape index (κ3) is 3.12. The molecule has 4 N–H and O–H groups in total. The Kier molecular flexibility index (Phi) is 4.61. The number of fused-ring (bicyclic) bond motifs is 3. The van der Waals surface area contributed by atoms with Crippen molar-refractivity contribution in [2.75, 3.05) is 19.6 Å². The van der Waals surface area contributed by atoms with Gasteiger partial charge in [-0.1, -0.05) is 11.6 Å². The minimum absolute atomic E-state index is 0.207. The first-order chi connectivity index (χ1) is 12.0. The molecule has 0 bridgehead atoms. The van der Waals surface area contributed by atoms with Gasteiger partial charge >= 0.3 is 0 Å². The van der Waals surface area contributed by atoms with Gasteiger partial charge in [0.25, 0.3) is 0 Å². The van der Waals surface area contributed by atoms with Gasteiger partial charge in [0.15, 0.2) is 6.10 Å². The van der Waals surface area contributed by atoms with E-state index in [1.165, 1.54) is 35.7 Å². The fraction of sp³-hybridized carbons (Fsp3) is 0.619. The lowest BCUT2D eigenvalue weighted by molar-refractivity contribution is -0.941. The van der Waals surface area contributed by atoms with Crippen molar-refractivity contribution in [2.24, 2.45) is 0 Å². The Hall–Kier alpha value is -1.36.